The number of hydrogen-bond acceptors (Lipinski definition) is 3. The predicted octanol–water partition coefficient (Wildman–Crippen LogP) is 3.32. The van der Waals surface area contributed by atoms with Crippen molar-refractivity contribution < 1.29 is 14.2 Å². The second kappa shape index (κ2) is 5.14. The fraction of sp³-hybridized carbons (Fsp3) is 0.647. The summed E-state index contributed by atoms with van der Waals surface area (Å²) in [6.45, 7) is 7.60. The first kappa shape index (κ1) is 14.1. The molecule has 0 radical (unpaired) electrons. The summed E-state index contributed by atoms with van der Waals surface area (Å²) in [5.74, 6) is 0. The molecular weight excluding hydrogens is 252 g/mol. The minimum atomic E-state index is -0.212. The summed E-state index contributed by atoms with van der Waals surface area (Å²) in [6.07, 6.45) is 2.37. The maximum atomic E-state index is 6.25. The maximum Gasteiger partial charge on any atom is 0.110 e. The van der Waals surface area contributed by atoms with E-state index in [4.69, 9.17) is 14.2 Å². The normalized spacial score (nSPS) is 35.1. The average Bonchev–Trinajstić information content (AvgIpc) is 2.79. The largest absolute Gasteiger partial charge is 0.374 e. The number of ether oxygens (including phenoxy) is 3. The van der Waals surface area contributed by atoms with Gasteiger partial charge in [0, 0.05) is 0 Å². The van der Waals surface area contributed by atoms with Crippen molar-refractivity contribution >= 4 is 0 Å². The Labute approximate surface area is 121 Å². The van der Waals surface area contributed by atoms with E-state index in [1.165, 1.54) is 5.56 Å². The first-order valence-electron chi connectivity index (χ1n) is 7.47. The van der Waals surface area contributed by atoms with Crippen molar-refractivity contribution in [2.24, 2.45) is 0 Å². The first-order valence-corrected chi connectivity index (χ1v) is 7.47. The van der Waals surface area contributed by atoms with Crippen LogP contribution in [0.25, 0.3) is 0 Å². The van der Waals surface area contributed by atoms with Gasteiger partial charge < -0.3 is 14.2 Å². The highest BCUT2D eigenvalue weighted by Crippen LogP contribution is 2.45. The summed E-state index contributed by atoms with van der Waals surface area (Å²) >= 11 is 0. The lowest BCUT2D eigenvalue weighted by Gasteiger charge is -2.46. The van der Waals surface area contributed by atoms with Gasteiger partial charge in [-0.15, -0.1) is 0 Å². The molecule has 1 aromatic rings. The second-order valence-electron chi connectivity index (χ2n) is 6.67. The van der Waals surface area contributed by atoms with Crippen LogP contribution in [0, 0.1) is 0 Å². The van der Waals surface area contributed by atoms with Crippen molar-refractivity contribution in [1.29, 1.82) is 0 Å². The van der Waals surface area contributed by atoms with Gasteiger partial charge in [-0.3, -0.25) is 0 Å². The van der Waals surface area contributed by atoms with Gasteiger partial charge in [-0.25, -0.2) is 0 Å². The molecule has 0 amide bonds. The van der Waals surface area contributed by atoms with Crippen LogP contribution in [0.2, 0.25) is 0 Å². The van der Waals surface area contributed by atoms with Gasteiger partial charge in [0.2, 0.25) is 0 Å². The molecule has 0 saturated carbocycles. The Morgan fingerprint density at radius 3 is 2.65 bits per heavy atom. The zero-order chi connectivity index (χ0) is 14.2. The summed E-state index contributed by atoms with van der Waals surface area (Å²) in [4.78, 5) is 0. The Hall–Kier alpha value is -0.900. The van der Waals surface area contributed by atoms with Crippen LogP contribution >= 0.6 is 0 Å². The van der Waals surface area contributed by atoms with E-state index < -0.39 is 0 Å². The van der Waals surface area contributed by atoms with Crippen LogP contribution in [0.5, 0.6) is 0 Å². The van der Waals surface area contributed by atoms with Crippen molar-refractivity contribution in [1.82, 2.24) is 0 Å². The number of rotatable bonds is 4. The SMILES string of the molecule is CC1(C)O[C@H](COCc2ccccc2)[C@@]2(C)CC[C@H]1O2. The molecule has 2 heterocycles. The number of benzene rings is 1. The summed E-state index contributed by atoms with van der Waals surface area (Å²) in [6, 6.07) is 10.2. The molecule has 1 aromatic carbocycles. The molecule has 2 aliphatic heterocycles. The second-order valence-corrected chi connectivity index (χ2v) is 6.67. The fourth-order valence-electron chi connectivity index (χ4n) is 3.22. The van der Waals surface area contributed by atoms with Gasteiger partial charge in [-0.1, -0.05) is 30.3 Å². The molecule has 3 rings (SSSR count). The molecule has 0 aliphatic carbocycles. The maximum absolute atomic E-state index is 6.25. The van der Waals surface area contributed by atoms with Crippen molar-refractivity contribution in [3.05, 3.63) is 35.9 Å². The molecule has 2 aliphatic rings. The molecule has 3 atom stereocenters. The van der Waals surface area contributed by atoms with Crippen LogP contribution in [-0.4, -0.2) is 30.0 Å². The highest BCUT2D eigenvalue weighted by molar-refractivity contribution is 5.13. The number of fused-ring (bicyclic) bond motifs is 2. The van der Waals surface area contributed by atoms with E-state index in [1.54, 1.807) is 0 Å². The first-order chi connectivity index (χ1) is 9.50. The van der Waals surface area contributed by atoms with Gasteiger partial charge in [0.15, 0.2) is 0 Å². The topological polar surface area (TPSA) is 27.7 Å². The van der Waals surface area contributed by atoms with Crippen LogP contribution in [0.4, 0.5) is 0 Å². The Bertz CT molecular complexity index is 457. The van der Waals surface area contributed by atoms with Crippen molar-refractivity contribution in [3.8, 4) is 0 Å². The Kier molecular flexibility index (Phi) is 3.61. The van der Waals surface area contributed by atoms with Gasteiger partial charge in [-0.05, 0) is 39.2 Å². The third-order valence-corrected chi connectivity index (χ3v) is 4.60. The van der Waals surface area contributed by atoms with Gasteiger partial charge in [-0.2, -0.15) is 0 Å². The monoisotopic (exact) mass is 276 g/mol. The zero-order valence-corrected chi connectivity index (χ0v) is 12.6. The Balaban J connectivity index is 1.59. The molecule has 2 fully saturated rings. The van der Waals surface area contributed by atoms with E-state index in [2.05, 4.69) is 32.9 Å². The fourth-order valence-corrected chi connectivity index (χ4v) is 3.22. The quantitative estimate of drug-likeness (QED) is 0.844. The lowest BCUT2D eigenvalue weighted by Crippen LogP contribution is -2.56. The van der Waals surface area contributed by atoms with Crippen molar-refractivity contribution in [3.63, 3.8) is 0 Å². The van der Waals surface area contributed by atoms with Gasteiger partial charge in [0.1, 0.15) is 6.10 Å². The highest BCUT2D eigenvalue weighted by Gasteiger charge is 2.54. The highest BCUT2D eigenvalue weighted by atomic mass is 16.6. The van der Waals surface area contributed by atoms with E-state index in [0.29, 0.717) is 13.2 Å². The van der Waals surface area contributed by atoms with E-state index >= 15 is 0 Å². The molecule has 0 aromatic heterocycles. The third-order valence-electron chi connectivity index (χ3n) is 4.60. The Morgan fingerprint density at radius 1 is 1.15 bits per heavy atom. The summed E-state index contributed by atoms with van der Waals surface area (Å²) in [5.41, 5.74) is 0.797. The van der Waals surface area contributed by atoms with Gasteiger partial charge in [0.05, 0.1) is 30.5 Å². The molecule has 0 spiro atoms. The van der Waals surface area contributed by atoms with Gasteiger partial charge >= 0.3 is 0 Å². The molecule has 110 valence electrons. The van der Waals surface area contributed by atoms with E-state index in [-0.39, 0.29) is 23.4 Å². The third kappa shape index (κ3) is 2.62. The van der Waals surface area contributed by atoms with Gasteiger partial charge in [0.25, 0.3) is 0 Å². The summed E-state index contributed by atoms with van der Waals surface area (Å²) < 4.78 is 18.3. The van der Waals surface area contributed by atoms with Crippen LogP contribution in [-0.2, 0) is 20.8 Å². The minimum absolute atomic E-state index is 0.0139. The van der Waals surface area contributed by atoms with E-state index in [9.17, 15) is 0 Å². The van der Waals surface area contributed by atoms with Crippen molar-refractivity contribution in [2.45, 2.75) is 63.6 Å². The van der Waals surface area contributed by atoms with Crippen LogP contribution in [0.3, 0.4) is 0 Å². The van der Waals surface area contributed by atoms with Crippen LogP contribution < -0.4 is 0 Å². The number of hydrogen-bond donors (Lipinski definition) is 0. The smallest absolute Gasteiger partial charge is 0.110 e. The molecule has 0 N–H and O–H groups in total. The molecule has 0 unspecified atom stereocenters. The van der Waals surface area contributed by atoms with Crippen molar-refractivity contribution in [2.75, 3.05) is 6.61 Å². The molecule has 3 heteroatoms. The Morgan fingerprint density at radius 2 is 1.90 bits per heavy atom. The predicted molar refractivity (Wildman–Crippen MR) is 77.6 cm³/mol. The average molecular weight is 276 g/mol. The lowest BCUT2D eigenvalue weighted by molar-refractivity contribution is -0.275. The standard InChI is InChI=1S/C17H24O3/c1-16(2)14-9-10-17(3,20-14)15(19-16)12-18-11-13-7-5-4-6-8-13/h4-8,14-15H,9-12H2,1-3H3/t14-,15-,17-/m1/s1. The molecular formula is C17H24O3. The van der Waals surface area contributed by atoms with E-state index in [0.717, 1.165) is 12.8 Å². The minimum Gasteiger partial charge on any atom is -0.374 e. The summed E-state index contributed by atoms with van der Waals surface area (Å²) in [5, 5.41) is 0. The molecule has 2 saturated heterocycles. The van der Waals surface area contributed by atoms with E-state index in [1.807, 2.05) is 18.2 Å². The molecule has 2 bridgehead atoms. The van der Waals surface area contributed by atoms with Crippen LogP contribution in [0.15, 0.2) is 30.3 Å². The molecule has 20 heavy (non-hydrogen) atoms. The molecule has 3 nitrogen and oxygen atoms in total. The van der Waals surface area contributed by atoms with Crippen LogP contribution in [0.1, 0.15) is 39.2 Å². The lowest BCUT2D eigenvalue weighted by atomic mass is 9.96. The zero-order valence-electron chi connectivity index (χ0n) is 12.6. The summed E-state index contributed by atoms with van der Waals surface area (Å²) in [7, 11) is 0.